The van der Waals surface area contributed by atoms with Crippen LogP contribution in [-0.4, -0.2) is 54.8 Å². The largest absolute Gasteiger partial charge is 0.507 e. The second-order valence-electron chi connectivity index (χ2n) is 8.68. The van der Waals surface area contributed by atoms with Gasteiger partial charge in [-0.15, -0.1) is 0 Å². The first-order valence-corrected chi connectivity index (χ1v) is 11.1. The Labute approximate surface area is 189 Å². The number of pyridine rings is 1. The Morgan fingerprint density at radius 1 is 0.969 bits per heavy atom. The van der Waals surface area contributed by atoms with Crippen LogP contribution in [0.4, 0.5) is 11.5 Å². The lowest BCUT2D eigenvalue weighted by Crippen LogP contribution is -2.44. The molecule has 0 saturated carbocycles. The molecule has 4 N–H and O–H groups in total. The molecule has 0 amide bonds. The highest BCUT2D eigenvalue weighted by atomic mass is 16.3. The number of nitrogens with one attached hydrogen (secondary N) is 1. The van der Waals surface area contributed by atoms with Crippen molar-refractivity contribution in [3.63, 3.8) is 0 Å². The molecule has 2 aliphatic heterocycles. The molecule has 0 spiro atoms. The highest BCUT2D eigenvalue weighted by molar-refractivity contribution is 5.85. The molecule has 6 nitrogen and oxygen atoms in total. The minimum atomic E-state index is 0.185. The first-order chi connectivity index (χ1) is 15.5. The molecule has 2 aliphatic rings. The Bertz CT molecular complexity index is 1160. The second kappa shape index (κ2) is 8.20. The summed E-state index contributed by atoms with van der Waals surface area (Å²) in [6.07, 6.45) is 2.67. The molecule has 3 aromatic rings. The van der Waals surface area contributed by atoms with Gasteiger partial charge < -0.3 is 26.0 Å². The highest BCUT2D eigenvalue weighted by Gasteiger charge is 2.19. The van der Waals surface area contributed by atoms with Crippen LogP contribution in [0.1, 0.15) is 11.1 Å². The Kier molecular flexibility index (Phi) is 5.23. The molecular formula is C26H29N5O. The molecule has 3 heterocycles. The van der Waals surface area contributed by atoms with Gasteiger partial charge in [0.15, 0.2) is 0 Å². The van der Waals surface area contributed by atoms with Gasteiger partial charge in [0.25, 0.3) is 0 Å². The monoisotopic (exact) mass is 427 g/mol. The number of hydrogen-bond donors (Lipinski definition) is 3. The van der Waals surface area contributed by atoms with Crippen molar-refractivity contribution in [2.75, 3.05) is 50.4 Å². The van der Waals surface area contributed by atoms with Crippen molar-refractivity contribution >= 4 is 17.2 Å². The van der Waals surface area contributed by atoms with Crippen molar-refractivity contribution in [3.8, 4) is 28.0 Å². The third-order valence-corrected chi connectivity index (χ3v) is 6.56. The zero-order valence-electron chi connectivity index (χ0n) is 18.4. The van der Waals surface area contributed by atoms with Gasteiger partial charge in [0.05, 0.1) is 0 Å². The summed E-state index contributed by atoms with van der Waals surface area (Å²) in [4.78, 5) is 9.22. The number of aromatic hydroxyl groups is 1. The second-order valence-corrected chi connectivity index (χ2v) is 8.68. The van der Waals surface area contributed by atoms with E-state index in [1.165, 1.54) is 5.69 Å². The maximum Gasteiger partial charge on any atom is 0.131 e. The van der Waals surface area contributed by atoms with Crippen molar-refractivity contribution in [1.82, 2.24) is 15.2 Å². The van der Waals surface area contributed by atoms with Crippen LogP contribution in [-0.2, 0) is 6.42 Å². The van der Waals surface area contributed by atoms with Gasteiger partial charge in [-0.05, 0) is 54.9 Å². The summed E-state index contributed by atoms with van der Waals surface area (Å²) < 4.78 is 0. The zero-order chi connectivity index (χ0) is 22.2. The van der Waals surface area contributed by atoms with Gasteiger partial charge in [-0.25, -0.2) is 4.98 Å². The number of nitrogens with zero attached hydrogens (tertiary/aromatic N) is 3. The SMILES string of the molecule is C=C1NCCc2cc(-c3cc(-c4ccc(N5CCN(C)CC5)cc4)cnc3N)c(O)cc21. The topological polar surface area (TPSA) is 77.7 Å². The number of hydrogen-bond acceptors (Lipinski definition) is 6. The van der Waals surface area contributed by atoms with Gasteiger partial charge >= 0.3 is 0 Å². The minimum absolute atomic E-state index is 0.185. The summed E-state index contributed by atoms with van der Waals surface area (Å²) in [5, 5.41) is 14.0. The molecule has 0 atom stereocenters. The normalized spacial score (nSPS) is 16.5. The Morgan fingerprint density at radius 3 is 2.47 bits per heavy atom. The molecule has 2 aromatic carbocycles. The van der Waals surface area contributed by atoms with Gasteiger partial charge in [-0.1, -0.05) is 18.7 Å². The Hall–Kier alpha value is -3.51. The fourth-order valence-corrected chi connectivity index (χ4v) is 4.56. The number of fused-ring (bicyclic) bond motifs is 1. The van der Waals surface area contributed by atoms with Crippen molar-refractivity contribution in [3.05, 3.63) is 66.4 Å². The number of nitrogens with two attached hydrogens (primary N) is 1. The first kappa shape index (κ1) is 20.4. The zero-order valence-corrected chi connectivity index (χ0v) is 18.4. The molecule has 6 heteroatoms. The summed E-state index contributed by atoms with van der Waals surface area (Å²) >= 11 is 0. The van der Waals surface area contributed by atoms with Crippen LogP contribution in [0.15, 0.2) is 55.2 Å². The molecule has 1 fully saturated rings. The van der Waals surface area contributed by atoms with Crippen molar-refractivity contribution < 1.29 is 5.11 Å². The summed E-state index contributed by atoms with van der Waals surface area (Å²) in [5.74, 6) is 0.593. The molecule has 164 valence electrons. The Balaban J connectivity index is 1.46. The van der Waals surface area contributed by atoms with Crippen molar-refractivity contribution in [2.45, 2.75) is 6.42 Å². The average molecular weight is 428 g/mol. The first-order valence-electron chi connectivity index (χ1n) is 11.1. The number of nitrogen functional groups attached to an aromatic ring is 1. The predicted octanol–water partition coefficient (Wildman–Crippen LogP) is 3.57. The third-order valence-electron chi connectivity index (χ3n) is 6.56. The van der Waals surface area contributed by atoms with E-state index >= 15 is 0 Å². The molecule has 0 radical (unpaired) electrons. The molecule has 32 heavy (non-hydrogen) atoms. The van der Waals surface area contributed by atoms with Gasteiger partial charge in [0.1, 0.15) is 11.6 Å². The molecule has 0 bridgehead atoms. The summed E-state index contributed by atoms with van der Waals surface area (Å²) in [5.41, 5.74) is 13.9. The maximum atomic E-state index is 10.8. The maximum absolute atomic E-state index is 10.8. The smallest absolute Gasteiger partial charge is 0.131 e. The van der Waals surface area contributed by atoms with E-state index in [2.05, 4.69) is 58.0 Å². The molecular weight excluding hydrogens is 398 g/mol. The number of anilines is 2. The van der Waals surface area contributed by atoms with Crippen molar-refractivity contribution in [2.24, 2.45) is 0 Å². The van der Waals surface area contributed by atoms with Gasteiger partial charge in [-0.2, -0.15) is 0 Å². The van der Waals surface area contributed by atoms with E-state index in [0.717, 1.165) is 72.7 Å². The molecule has 1 saturated heterocycles. The number of likely N-dealkylation sites (N-methyl/N-ethyl adjacent to an activating group) is 1. The molecule has 1 aromatic heterocycles. The number of rotatable bonds is 3. The molecule has 0 unspecified atom stereocenters. The number of piperazine rings is 1. The van der Waals surface area contributed by atoms with Gasteiger partial charge in [0, 0.05) is 72.6 Å². The number of phenols is 1. The van der Waals surface area contributed by atoms with Crippen LogP contribution in [0.2, 0.25) is 0 Å². The lowest BCUT2D eigenvalue weighted by atomic mass is 9.92. The fourth-order valence-electron chi connectivity index (χ4n) is 4.56. The lowest BCUT2D eigenvalue weighted by molar-refractivity contribution is 0.313. The van der Waals surface area contributed by atoms with E-state index in [1.807, 2.05) is 12.1 Å². The fraction of sp³-hybridized carbons (Fsp3) is 0.269. The van der Waals surface area contributed by atoms with Crippen LogP contribution < -0.4 is 16.0 Å². The van der Waals surface area contributed by atoms with Crippen molar-refractivity contribution in [1.29, 1.82) is 0 Å². The van der Waals surface area contributed by atoms with E-state index in [4.69, 9.17) is 5.73 Å². The average Bonchev–Trinajstić information content (AvgIpc) is 2.81. The van der Waals surface area contributed by atoms with Crippen LogP contribution in [0.3, 0.4) is 0 Å². The lowest BCUT2D eigenvalue weighted by Gasteiger charge is -2.34. The van der Waals surface area contributed by atoms with Crippen LogP contribution in [0.25, 0.3) is 28.0 Å². The van der Waals surface area contributed by atoms with E-state index in [0.29, 0.717) is 11.4 Å². The predicted molar refractivity (Wildman–Crippen MR) is 132 cm³/mol. The summed E-state index contributed by atoms with van der Waals surface area (Å²) in [6.45, 7) is 9.14. The van der Waals surface area contributed by atoms with Crippen LogP contribution in [0, 0.1) is 0 Å². The molecule has 5 rings (SSSR count). The highest BCUT2D eigenvalue weighted by Crippen LogP contribution is 2.39. The summed E-state index contributed by atoms with van der Waals surface area (Å²) in [6, 6.07) is 14.4. The van der Waals surface area contributed by atoms with Crippen LogP contribution >= 0.6 is 0 Å². The van der Waals surface area contributed by atoms with Gasteiger partial charge in [-0.3, -0.25) is 0 Å². The van der Waals surface area contributed by atoms with E-state index < -0.39 is 0 Å². The van der Waals surface area contributed by atoms with E-state index in [1.54, 1.807) is 12.3 Å². The van der Waals surface area contributed by atoms with E-state index in [-0.39, 0.29) is 5.75 Å². The third kappa shape index (κ3) is 3.78. The van der Waals surface area contributed by atoms with Gasteiger partial charge in [0.2, 0.25) is 0 Å². The minimum Gasteiger partial charge on any atom is -0.507 e. The standard InChI is InChI=1S/C26H29N5O/c1-17-22-15-25(32)23(13-19(22)7-8-28-17)24-14-20(16-29-26(24)27)18-3-5-21(6-4-18)31-11-9-30(2)10-12-31/h3-6,13-16,28,32H,1,7-12H2,2H3,(H2,27,29). The number of aromatic nitrogens is 1. The summed E-state index contributed by atoms with van der Waals surface area (Å²) in [7, 11) is 2.17. The Morgan fingerprint density at radius 2 is 1.72 bits per heavy atom. The van der Waals surface area contributed by atoms with Crippen LogP contribution in [0.5, 0.6) is 5.75 Å². The quantitative estimate of drug-likeness (QED) is 0.593. The number of benzene rings is 2. The number of phenolic OH excluding ortho intramolecular Hbond substituents is 1. The molecule has 0 aliphatic carbocycles. The van der Waals surface area contributed by atoms with E-state index in [9.17, 15) is 5.11 Å².